The summed E-state index contributed by atoms with van der Waals surface area (Å²) in [7, 11) is 0. The van der Waals surface area contributed by atoms with Crippen molar-refractivity contribution in [3.05, 3.63) is 59.3 Å². The number of carbonyl (C=O) groups excluding carboxylic acids is 2. The molecule has 1 heterocycles. The molecule has 0 bridgehead atoms. The molecule has 1 aliphatic carbocycles. The second-order valence-electron chi connectivity index (χ2n) is 7.09. The summed E-state index contributed by atoms with van der Waals surface area (Å²) in [6.45, 7) is 0.257. The molecule has 0 aliphatic heterocycles. The summed E-state index contributed by atoms with van der Waals surface area (Å²) >= 11 is 0. The largest absolute Gasteiger partial charge is 0.399 e. The van der Waals surface area contributed by atoms with Crippen LogP contribution in [0.3, 0.4) is 0 Å². The highest BCUT2D eigenvalue weighted by atomic mass is 16.2. The van der Waals surface area contributed by atoms with Crippen LogP contribution < -0.4 is 16.4 Å². The van der Waals surface area contributed by atoms with Crippen LogP contribution in [0.4, 0.5) is 5.69 Å². The first-order valence-electron chi connectivity index (χ1n) is 9.51. The first-order chi connectivity index (χ1) is 13.6. The minimum Gasteiger partial charge on any atom is -0.399 e. The first kappa shape index (κ1) is 18.0. The number of aromatic nitrogens is 2. The number of nitrogens with two attached hydrogens (primary N) is 1. The Morgan fingerprint density at radius 2 is 2.07 bits per heavy atom. The molecule has 2 aromatic carbocycles. The quantitative estimate of drug-likeness (QED) is 0.512. The number of fused-ring (bicyclic) bond motifs is 2. The Hall–Kier alpha value is -3.35. The number of H-pyrrole nitrogens is 1. The van der Waals surface area contributed by atoms with Crippen LogP contribution in [-0.4, -0.2) is 28.6 Å². The van der Waals surface area contributed by atoms with Gasteiger partial charge >= 0.3 is 0 Å². The Morgan fingerprint density at radius 3 is 2.96 bits per heavy atom. The highest BCUT2D eigenvalue weighted by Gasteiger charge is 2.22. The second-order valence-corrected chi connectivity index (χ2v) is 7.09. The van der Waals surface area contributed by atoms with Crippen molar-refractivity contribution < 1.29 is 9.59 Å². The summed E-state index contributed by atoms with van der Waals surface area (Å²) in [5, 5.41) is 13.5. The molecule has 7 heteroatoms. The van der Waals surface area contributed by atoms with E-state index in [-0.39, 0.29) is 30.8 Å². The maximum absolute atomic E-state index is 12.4. The van der Waals surface area contributed by atoms with E-state index in [2.05, 4.69) is 20.8 Å². The van der Waals surface area contributed by atoms with Crippen LogP contribution in [0, 0.1) is 0 Å². The van der Waals surface area contributed by atoms with Gasteiger partial charge in [-0.25, -0.2) is 0 Å². The van der Waals surface area contributed by atoms with Gasteiger partial charge in [0.1, 0.15) is 0 Å². The molecule has 0 spiro atoms. The predicted octanol–water partition coefficient (Wildman–Crippen LogP) is 2.46. The van der Waals surface area contributed by atoms with Crippen LogP contribution in [0.2, 0.25) is 0 Å². The second kappa shape index (κ2) is 7.72. The van der Waals surface area contributed by atoms with Crippen LogP contribution >= 0.6 is 0 Å². The number of para-hydroxylation sites is 1. The average molecular weight is 377 g/mol. The molecule has 1 atom stereocenters. The number of nitrogens with zero attached hydrogens (tertiary/aromatic N) is 1. The van der Waals surface area contributed by atoms with Gasteiger partial charge in [0.15, 0.2) is 5.69 Å². The molecule has 3 aromatic rings. The number of amides is 2. The Kier molecular flexibility index (Phi) is 4.97. The summed E-state index contributed by atoms with van der Waals surface area (Å²) in [5.41, 5.74) is 10.1. The Balaban J connectivity index is 1.31. The molecule has 0 saturated carbocycles. The van der Waals surface area contributed by atoms with Crippen molar-refractivity contribution in [3.63, 3.8) is 0 Å². The number of aryl methyl sites for hydroxylation is 1. The van der Waals surface area contributed by atoms with Gasteiger partial charge in [-0.2, -0.15) is 5.10 Å². The minimum atomic E-state index is -0.288. The minimum absolute atomic E-state index is 0.00263. The van der Waals surface area contributed by atoms with E-state index in [9.17, 15) is 9.59 Å². The normalized spacial score (nSPS) is 15.8. The van der Waals surface area contributed by atoms with E-state index in [0.717, 1.165) is 41.4 Å². The number of benzene rings is 2. The number of hydrogen-bond acceptors (Lipinski definition) is 4. The fraction of sp³-hybridized carbons (Fsp3) is 0.286. The zero-order valence-electron chi connectivity index (χ0n) is 15.5. The third kappa shape index (κ3) is 3.69. The molecule has 1 aliphatic rings. The molecule has 1 aromatic heterocycles. The third-order valence-corrected chi connectivity index (χ3v) is 5.14. The highest BCUT2D eigenvalue weighted by molar-refractivity contribution is 6.04. The Bertz CT molecular complexity index is 1030. The van der Waals surface area contributed by atoms with E-state index >= 15 is 0 Å². The van der Waals surface area contributed by atoms with Gasteiger partial charge in [0.05, 0.1) is 11.6 Å². The smallest absolute Gasteiger partial charge is 0.272 e. The van der Waals surface area contributed by atoms with Crippen molar-refractivity contribution in [1.29, 1.82) is 0 Å². The number of nitrogen functional groups attached to an aromatic ring is 1. The topological polar surface area (TPSA) is 113 Å². The molecule has 0 fully saturated rings. The molecule has 28 heavy (non-hydrogen) atoms. The van der Waals surface area contributed by atoms with E-state index < -0.39 is 0 Å². The Morgan fingerprint density at radius 1 is 1.21 bits per heavy atom. The molecular formula is C21H23N5O2. The lowest BCUT2D eigenvalue weighted by Gasteiger charge is -2.26. The summed E-state index contributed by atoms with van der Waals surface area (Å²) < 4.78 is 0. The monoisotopic (exact) mass is 377 g/mol. The van der Waals surface area contributed by atoms with Crippen LogP contribution in [0.15, 0.2) is 42.5 Å². The molecule has 7 nitrogen and oxygen atoms in total. The lowest BCUT2D eigenvalue weighted by atomic mass is 9.87. The SMILES string of the molecule is Nc1ccc2c(c1)CCCC2NC(=O)CCNC(=O)c1n[nH]c2ccccc12. The summed E-state index contributed by atoms with van der Waals surface area (Å²) in [6, 6.07) is 13.3. The van der Waals surface area contributed by atoms with Gasteiger partial charge in [-0.1, -0.05) is 24.3 Å². The third-order valence-electron chi connectivity index (χ3n) is 5.14. The summed E-state index contributed by atoms with van der Waals surface area (Å²) in [5.74, 6) is -0.370. The van der Waals surface area contributed by atoms with E-state index in [1.54, 1.807) is 0 Å². The van der Waals surface area contributed by atoms with Crippen LogP contribution in [0.25, 0.3) is 10.9 Å². The van der Waals surface area contributed by atoms with Gasteiger partial charge in [0.25, 0.3) is 5.91 Å². The molecule has 0 saturated heterocycles. The maximum atomic E-state index is 12.4. The van der Waals surface area contributed by atoms with E-state index in [4.69, 9.17) is 5.73 Å². The molecule has 0 radical (unpaired) electrons. The number of aromatic amines is 1. The zero-order chi connectivity index (χ0) is 19.5. The van der Waals surface area contributed by atoms with Crippen molar-refractivity contribution in [2.24, 2.45) is 0 Å². The Labute approximate surface area is 162 Å². The number of hydrogen-bond donors (Lipinski definition) is 4. The molecule has 5 N–H and O–H groups in total. The molecule has 2 amide bonds. The molecular weight excluding hydrogens is 354 g/mol. The lowest BCUT2D eigenvalue weighted by molar-refractivity contribution is -0.121. The van der Waals surface area contributed by atoms with Gasteiger partial charge in [-0.15, -0.1) is 0 Å². The van der Waals surface area contributed by atoms with Crippen molar-refractivity contribution in [2.45, 2.75) is 31.7 Å². The first-order valence-corrected chi connectivity index (χ1v) is 9.51. The summed E-state index contributed by atoms with van der Waals surface area (Å²) in [4.78, 5) is 24.7. The van der Waals surface area contributed by atoms with Crippen molar-refractivity contribution in [3.8, 4) is 0 Å². The highest BCUT2D eigenvalue weighted by Crippen LogP contribution is 2.30. The van der Waals surface area contributed by atoms with Crippen molar-refractivity contribution in [1.82, 2.24) is 20.8 Å². The zero-order valence-corrected chi connectivity index (χ0v) is 15.5. The number of anilines is 1. The number of carbonyl (C=O) groups is 2. The fourth-order valence-corrected chi connectivity index (χ4v) is 3.76. The van der Waals surface area contributed by atoms with E-state index in [0.29, 0.717) is 5.69 Å². The van der Waals surface area contributed by atoms with Crippen LogP contribution in [-0.2, 0) is 11.2 Å². The number of rotatable bonds is 5. The van der Waals surface area contributed by atoms with Crippen molar-refractivity contribution in [2.75, 3.05) is 12.3 Å². The van der Waals surface area contributed by atoms with Gasteiger partial charge in [0.2, 0.25) is 5.91 Å². The predicted molar refractivity (Wildman–Crippen MR) is 108 cm³/mol. The van der Waals surface area contributed by atoms with Crippen molar-refractivity contribution >= 4 is 28.4 Å². The van der Waals surface area contributed by atoms with E-state index in [1.807, 2.05) is 42.5 Å². The van der Waals surface area contributed by atoms with Gasteiger partial charge in [-0.05, 0) is 48.6 Å². The lowest BCUT2D eigenvalue weighted by Crippen LogP contribution is -2.34. The van der Waals surface area contributed by atoms with Gasteiger partial charge in [-0.3, -0.25) is 14.7 Å². The van der Waals surface area contributed by atoms with Gasteiger partial charge < -0.3 is 16.4 Å². The standard InChI is InChI=1S/C21H23N5O2/c22-14-8-9-15-13(12-14)4-3-7-17(15)24-19(27)10-11-23-21(28)20-16-5-1-2-6-18(16)25-26-20/h1-2,5-6,8-9,12,17H,3-4,7,10-11,22H2,(H,23,28)(H,24,27)(H,25,26). The van der Waals surface area contributed by atoms with E-state index in [1.165, 1.54) is 5.56 Å². The van der Waals surface area contributed by atoms with Gasteiger partial charge in [0, 0.05) is 24.0 Å². The number of nitrogens with one attached hydrogen (secondary N) is 3. The molecule has 144 valence electrons. The fourth-order valence-electron chi connectivity index (χ4n) is 3.76. The summed E-state index contributed by atoms with van der Waals surface area (Å²) in [6.07, 6.45) is 3.13. The molecule has 1 unspecified atom stereocenters. The maximum Gasteiger partial charge on any atom is 0.272 e. The van der Waals surface area contributed by atoms with Crippen LogP contribution in [0.5, 0.6) is 0 Å². The van der Waals surface area contributed by atoms with Crippen LogP contribution in [0.1, 0.15) is 46.9 Å². The molecule has 4 rings (SSSR count). The average Bonchev–Trinajstić information content (AvgIpc) is 3.12.